The minimum Gasteiger partial charge on any atom is -0.544 e. The Balaban J connectivity index is 2.50. The average Bonchev–Trinajstić information content (AvgIpc) is 2.51. The molecule has 5 heteroatoms. The molecule has 1 heterocycles. The Morgan fingerprint density at radius 1 is 1.64 bits per heavy atom. The van der Waals surface area contributed by atoms with E-state index in [9.17, 15) is 9.90 Å². The summed E-state index contributed by atoms with van der Waals surface area (Å²) in [5, 5.41) is 12.3. The van der Waals surface area contributed by atoms with Crippen molar-refractivity contribution in [2.45, 2.75) is 0 Å². The van der Waals surface area contributed by atoms with E-state index in [0.29, 0.717) is 12.4 Å². The average molecular weight is 215 g/mol. The van der Waals surface area contributed by atoms with Crippen molar-refractivity contribution >= 4 is 17.3 Å². The first-order valence-corrected chi connectivity index (χ1v) is 5.20. The molecule has 1 N–H and O–H groups in total. The predicted octanol–water partition coefficient (Wildman–Crippen LogP) is -1.37. The third kappa shape index (κ3) is 3.01. The van der Waals surface area contributed by atoms with E-state index >= 15 is 0 Å². The molecule has 0 aliphatic carbocycles. The lowest BCUT2D eigenvalue weighted by Gasteiger charge is -2.09. The second-order valence-electron chi connectivity index (χ2n) is 3.21. The number of rotatable bonds is 5. The van der Waals surface area contributed by atoms with Crippen LogP contribution in [0.2, 0.25) is 0 Å². The summed E-state index contributed by atoms with van der Waals surface area (Å²) in [6.45, 7) is 1.35. The lowest BCUT2D eigenvalue weighted by molar-refractivity contribution is -0.858. The second-order valence-corrected chi connectivity index (χ2v) is 4.12. The van der Waals surface area contributed by atoms with Gasteiger partial charge in [-0.05, 0) is 11.4 Å². The number of carbonyl (C=O) groups excluding carboxylic acids is 1. The highest BCUT2D eigenvalue weighted by Crippen LogP contribution is 2.23. The van der Waals surface area contributed by atoms with Gasteiger partial charge in [-0.15, -0.1) is 11.3 Å². The minimum absolute atomic E-state index is 0.166. The van der Waals surface area contributed by atoms with E-state index in [1.807, 2.05) is 14.1 Å². The molecule has 1 rings (SSSR count). The monoisotopic (exact) mass is 215 g/mol. The molecule has 0 unspecified atom stereocenters. The van der Waals surface area contributed by atoms with E-state index in [0.717, 1.165) is 17.9 Å². The number of likely N-dealkylation sites (N-methyl/N-ethyl adjacent to an activating group) is 1. The van der Waals surface area contributed by atoms with Crippen molar-refractivity contribution in [1.29, 1.82) is 0 Å². The standard InChI is InChI=1S/C9H13NO3S/c1-10(2)4-5-13-7-3-6-14-8(7)9(11)12/h3,6H,4-5H2,1-2H3,(H,11,12). The van der Waals surface area contributed by atoms with Gasteiger partial charge in [-0.1, -0.05) is 0 Å². The van der Waals surface area contributed by atoms with Crippen LogP contribution in [0.15, 0.2) is 11.4 Å². The van der Waals surface area contributed by atoms with Crippen LogP contribution in [0.25, 0.3) is 0 Å². The van der Waals surface area contributed by atoms with Gasteiger partial charge in [-0.25, -0.2) is 0 Å². The normalized spacial score (nSPS) is 10.5. The van der Waals surface area contributed by atoms with Gasteiger partial charge in [-0.2, -0.15) is 0 Å². The van der Waals surface area contributed by atoms with Crippen molar-refractivity contribution in [3.63, 3.8) is 0 Å². The van der Waals surface area contributed by atoms with Crippen molar-refractivity contribution in [3.05, 3.63) is 16.3 Å². The van der Waals surface area contributed by atoms with Gasteiger partial charge in [0.05, 0.1) is 24.9 Å². The number of hydrogen-bond acceptors (Lipinski definition) is 4. The molecule has 0 aliphatic rings. The molecule has 1 aromatic rings. The lowest BCUT2D eigenvalue weighted by atomic mass is 10.4. The van der Waals surface area contributed by atoms with Crippen LogP contribution in [-0.4, -0.2) is 33.2 Å². The lowest BCUT2D eigenvalue weighted by Crippen LogP contribution is -3.06. The molecule has 0 amide bonds. The van der Waals surface area contributed by atoms with Gasteiger partial charge in [0.1, 0.15) is 18.9 Å². The smallest absolute Gasteiger partial charge is 0.139 e. The summed E-state index contributed by atoms with van der Waals surface area (Å²) in [7, 11) is 4.02. The summed E-state index contributed by atoms with van der Waals surface area (Å²) >= 11 is 1.12. The highest BCUT2D eigenvalue weighted by molar-refractivity contribution is 7.12. The quantitative estimate of drug-likeness (QED) is 0.659. The number of aromatic carboxylic acids is 1. The zero-order chi connectivity index (χ0) is 10.6. The fourth-order valence-electron chi connectivity index (χ4n) is 0.925. The zero-order valence-electron chi connectivity index (χ0n) is 8.20. The summed E-state index contributed by atoms with van der Waals surface area (Å²) in [4.78, 5) is 12.0. The number of carboxylic acid groups (broad SMARTS) is 1. The Morgan fingerprint density at radius 3 is 2.93 bits per heavy atom. The molecule has 0 saturated carbocycles. The molecule has 14 heavy (non-hydrogen) atoms. The van der Waals surface area contributed by atoms with Crippen LogP contribution in [0, 0.1) is 0 Å². The van der Waals surface area contributed by atoms with Gasteiger partial charge in [-0.3, -0.25) is 0 Å². The van der Waals surface area contributed by atoms with E-state index in [4.69, 9.17) is 4.74 Å². The fourth-order valence-corrected chi connectivity index (χ4v) is 1.59. The largest absolute Gasteiger partial charge is 0.544 e. The third-order valence-corrected chi connectivity index (χ3v) is 2.55. The maximum atomic E-state index is 10.6. The van der Waals surface area contributed by atoms with Crippen molar-refractivity contribution in [3.8, 4) is 5.75 Å². The highest BCUT2D eigenvalue weighted by Gasteiger charge is 2.06. The number of ether oxygens (including phenoxy) is 1. The molecular formula is C9H13NO3S. The topological polar surface area (TPSA) is 53.8 Å². The van der Waals surface area contributed by atoms with Crippen LogP contribution >= 0.6 is 11.3 Å². The summed E-state index contributed by atoms with van der Waals surface area (Å²) < 4.78 is 5.32. The van der Waals surface area contributed by atoms with Crippen LogP contribution in [0.5, 0.6) is 5.75 Å². The molecule has 0 radical (unpaired) electrons. The zero-order valence-corrected chi connectivity index (χ0v) is 9.02. The number of hydrogen-bond donors (Lipinski definition) is 1. The van der Waals surface area contributed by atoms with E-state index in [2.05, 4.69) is 0 Å². The van der Waals surface area contributed by atoms with Gasteiger partial charge in [0.2, 0.25) is 0 Å². The molecule has 0 saturated heterocycles. The van der Waals surface area contributed by atoms with Gasteiger partial charge in [0.25, 0.3) is 0 Å². The maximum absolute atomic E-state index is 10.6. The molecule has 0 atom stereocenters. The van der Waals surface area contributed by atoms with Crippen LogP contribution in [0.4, 0.5) is 0 Å². The Kier molecular flexibility index (Phi) is 3.91. The SMILES string of the molecule is C[NH+](C)CCOc1ccsc1C(=O)[O-]. The number of nitrogens with one attached hydrogen (secondary N) is 1. The molecule has 0 aromatic carbocycles. The number of carboxylic acids is 1. The number of carbonyl (C=O) groups is 1. The summed E-state index contributed by atoms with van der Waals surface area (Å²) in [6.07, 6.45) is 0. The summed E-state index contributed by atoms with van der Waals surface area (Å²) in [6, 6.07) is 1.65. The van der Waals surface area contributed by atoms with Gasteiger partial charge < -0.3 is 19.5 Å². The Hall–Kier alpha value is -1.07. The summed E-state index contributed by atoms with van der Waals surface area (Å²) in [5.74, 6) is -0.761. The molecule has 78 valence electrons. The molecular weight excluding hydrogens is 202 g/mol. The van der Waals surface area contributed by atoms with Crippen molar-refractivity contribution in [1.82, 2.24) is 0 Å². The van der Waals surface area contributed by atoms with Gasteiger partial charge >= 0.3 is 0 Å². The Morgan fingerprint density at radius 2 is 2.36 bits per heavy atom. The first kappa shape index (κ1) is 11.0. The number of thiophene rings is 1. The molecule has 0 bridgehead atoms. The highest BCUT2D eigenvalue weighted by atomic mass is 32.1. The third-order valence-electron chi connectivity index (χ3n) is 1.67. The van der Waals surface area contributed by atoms with Crippen LogP contribution in [-0.2, 0) is 0 Å². The minimum atomic E-state index is -1.17. The Labute approximate surface area is 86.7 Å². The second kappa shape index (κ2) is 4.97. The van der Waals surface area contributed by atoms with Crippen LogP contribution in [0.1, 0.15) is 9.67 Å². The molecule has 4 nitrogen and oxygen atoms in total. The van der Waals surface area contributed by atoms with Crippen molar-refractivity contribution < 1.29 is 19.5 Å². The first-order valence-electron chi connectivity index (χ1n) is 4.32. The molecule has 0 fully saturated rings. The summed E-state index contributed by atoms with van der Waals surface area (Å²) in [5.41, 5.74) is 0. The van der Waals surface area contributed by atoms with E-state index in [1.54, 1.807) is 11.4 Å². The Bertz CT molecular complexity index is 309. The maximum Gasteiger partial charge on any atom is 0.139 e. The molecule has 0 spiro atoms. The first-order chi connectivity index (χ1) is 6.61. The van der Waals surface area contributed by atoms with E-state index in [1.165, 1.54) is 4.90 Å². The van der Waals surface area contributed by atoms with Gasteiger partial charge in [0, 0.05) is 0 Å². The predicted molar refractivity (Wildman–Crippen MR) is 51.8 cm³/mol. The van der Waals surface area contributed by atoms with Gasteiger partial charge in [0.15, 0.2) is 0 Å². The van der Waals surface area contributed by atoms with Crippen LogP contribution in [0.3, 0.4) is 0 Å². The van der Waals surface area contributed by atoms with E-state index in [-0.39, 0.29) is 4.88 Å². The molecule has 1 aromatic heterocycles. The van der Waals surface area contributed by atoms with Crippen molar-refractivity contribution in [2.24, 2.45) is 0 Å². The molecule has 0 aliphatic heterocycles. The number of quaternary nitrogens is 1. The fraction of sp³-hybridized carbons (Fsp3) is 0.444. The van der Waals surface area contributed by atoms with Crippen LogP contribution < -0.4 is 14.7 Å². The van der Waals surface area contributed by atoms with Crippen molar-refractivity contribution in [2.75, 3.05) is 27.2 Å². The van der Waals surface area contributed by atoms with E-state index < -0.39 is 5.97 Å².